The second-order valence-corrected chi connectivity index (χ2v) is 6.90. The molecule has 1 saturated heterocycles. The summed E-state index contributed by atoms with van der Waals surface area (Å²) in [5.41, 5.74) is 2.74. The van der Waals surface area contributed by atoms with Crippen molar-refractivity contribution < 1.29 is 4.39 Å². The molecule has 1 N–H and O–H groups in total. The normalized spacial score (nSPS) is 13.8. The van der Waals surface area contributed by atoms with Crippen LogP contribution in [0.15, 0.2) is 54.6 Å². The van der Waals surface area contributed by atoms with Crippen molar-refractivity contribution in [1.29, 1.82) is 5.26 Å². The van der Waals surface area contributed by atoms with Crippen LogP contribution in [0.4, 0.5) is 27.5 Å². The Labute approximate surface area is 169 Å². The molecule has 0 amide bonds. The van der Waals surface area contributed by atoms with Gasteiger partial charge in [-0.2, -0.15) is 10.2 Å². The zero-order chi connectivity index (χ0) is 20.2. The molecule has 0 aliphatic carbocycles. The molecule has 0 atom stereocenters. The van der Waals surface area contributed by atoms with Gasteiger partial charge in [-0.15, -0.1) is 0 Å². The molecule has 29 heavy (non-hydrogen) atoms. The summed E-state index contributed by atoms with van der Waals surface area (Å²) in [6, 6.07) is 18.2. The summed E-state index contributed by atoms with van der Waals surface area (Å²) in [6.07, 6.45) is 0. The fourth-order valence-corrected chi connectivity index (χ4v) is 3.44. The van der Waals surface area contributed by atoms with Crippen LogP contribution in [0, 0.1) is 24.1 Å². The van der Waals surface area contributed by atoms with E-state index in [1.807, 2.05) is 48.2 Å². The van der Waals surface area contributed by atoms with Crippen LogP contribution in [0.5, 0.6) is 0 Å². The first-order valence-corrected chi connectivity index (χ1v) is 9.50. The van der Waals surface area contributed by atoms with Crippen LogP contribution in [0.1, 0.15) is 11.3 Å². The maximum atomic E-state index is 14.1. The van der Waals surface area contributed by atoms with Crippen molar-refractivity contribution in [1.82, 2.24) is 9.97 Å². The minimum Gasteiger partial charge on any atom is -0.366 e. The molecule has 0 saturated carbocycles. The van der Waals surface area contributed by atoms with Crippen LogP contribution in [-0.2, 0) is 0 Å². The van der Waals surface area contributed by atoms with Crippen LogP contribution in [-0.4, -0.2) is 36.1 Å². The lowest BCUT2D eigenvalue weighted by atomic mass is 10.2. The van der Waals surface area contributed by atoms with Gasteiger partial charge in [0.25, 0.3) is 0 Å². The molecule has 4 rings (SSSR count). The van der Waals surface area contributed by atoms with Gasteiger partial charge in [0.1, 0.15) is 17.7 Å². The molecule has 2 aromatic carbocycles. The average Bonchev–Trinajstić information content (AvgIpc) is 2.74. The number of aryl methyl sites for hydroxylation is 1. The summed E-state index contributed by atoms with van der Waals surface area (Å²) in [7, 11) is 0. The van der Waals surface area contributed by atoms with Gasteiger partial charge in [0, 0.05) is 37.9 Å². The number of halogens is 1. The average molecular weight is 388 g/mol. The van der Waals surface area contributed by atoms with Gasteiger partial charge in [0.15, 0.2) is 0 Å². The molecular formula is C22H21FN6. The van der Waals surface area contributed by atoms with Crippen LogP contribution in [0.3, 0.4) is 0 Å². The lowest BCUT2D eigenvalue weighted by Gasteiger charge is -2.36. The highest BCUT2D eigenvalue weighted by Crippen LogP contribution is 2.24. The van der Waals surface area contributed by atoms with E-state index in [1.165, 1.54) is 6.07 Å². The maximum absolute atomic E-state index is 14.1. The molecule has 3 aromatic rings. The number of nitrogens with zero attached hydrogens (tertiary/aromatic N) is 5. The van der Waals surface area contributed by atoms with E-state index in [-0.39, 0.29) is 5.82 Å². The van der Waals surface area contributed by atoms with Crippen LogP contribution in [0.25, 0.3) is 0 Å². The molecule has 1 aromatic heterocycles. The van der Waals surface area contributed by atoms with E-state index < -0.39 is 0 Å². The summed E-state index contributed by atoms with van der Waals surface area (Å²) >= 11 is 0. The molecule has 146 valence electrons. The van der Waals surface area contributed by atoms with Crippen LogP contribution < -0.4 is 15.1 Å². The molecule has 1 aliphatic rings. The first kappa shape index (κ1) is 18.7. The SMILES string of the molecule is Cc1cc(Nc2ccccc2C#N)nc(N2CCN(c3ccccc3F)CC2)n1. The highest BCUT2D eigenvalue weighted by Gasteiger charge is 2.21. The summed E-state index contributed by atoms with van der Waals surface area (Å²) in [5.74, 6) is 1.08. The monoisotopic (exact) mass is 388 g/mol. The number of nitrogens with one attached hydrogen (secondary N) is 1. The van der Waals surface area contributed by atoms with Gasteiger partial charge < -0.3 is 15.1 Å². The highest BCUT2D eigenvalue weighted by atomic mass is 19.1. The molecular weight excluding hydrogens is 367 g/mol. The molecule has 1 fully saturated rings. The van der Waals surface area contributed by atoms with Crippen molar-refractivity contribution in [2.45, 2.75) is 6.92 Å². The molecule has 0 unspecified atom stereocenters. The van der Waals surface area contributed by atoms with Gasteiger partial charge in [0.05, 0.1) is 16.9 Å². The van der Waals surface area contributed by atoms with Gasteiger partial charge in [-0.05, 0) is 31.2 Å². The number of hydrogen-bond donors (Lipinski definition) is 1. The van der Waals surface area contributed by atoms with E-state index in [0.29, 0.717) is 54.9 Å². The van der Waals surface area contributed by atoms with Crippen LogP contribution >= 0.6 is 0 Å². The van der Waals surface area contributed by atoms with Crippen molar-refractivity contribution in [2.75, 3.05) is 41.3 Å². The molecule has 0 bridgehead atoms. The predicted molar refractivity (Wildman–Crippen MR) is 112 cm³/mol. The maximum Gasteiger partial charge on any atom is 0.227 e. The first-order chi connectivity index (χ1) is 14.1. The topological polar surface area (TPSA) is 68.1 Å². The van der Waals surface area contributed by atoms with E-state index >= 15 is 0 Å². The first-order valence-electron chi connectivity index (χ1n) is 9.50. The Morgan fingerprint density at radius 1 is 0.966 bits per heavy atom. The standard InChI is InChI=1S/C22H21FN6/c1-16-14-21(26-19-8-4-2-6-17(19)15-24)27-22(25-16)29-12-10-28(11-13-29)20-9-5-3-7-18(20)23/h2-9,14H,10-13H2,1H3,(H,25,26,27). The number of piperazine rings is 1. The molecule has 1 aliphatic heterocycles. The predicted octanol–water partition coefficient (Wildman–Crippen LogP) is 3.87. The van der Waals surface area contributed by atoms with Crippen molar-refractivity contribution in [3.05, 3.63) is 71.7 Å². The van der Waals surface area contributed by atoms with Gasteiger partial charge in [-0.25, -0.2) is 9.37 Å². The Morgan fingerprint density at radius 2 is 1.66 bits per heavy atom. The summed E-state index contributed by atoms with van der Waals surface area (Å²) in [6.45, 7) is 4.71. The van der Waals surface area contributed by atoms with E-state index in [0.717, 1.165) is 5.69 Å². The second-order valence-electron chi connectivity index (χ2n) is 6.90. The van der Waals surface area contributed by atoms with Gasteiger partial charge in [-0.1, -0.05) is 24.3 Å². The van der Waals surface area contributed by atoms with Crippen molar-refractivity contribution >= 4 is 23.1 Å². The quantitative estimate of drug-likeness (QED) is 0.732. The Balaban J connectivity index is 1.50. The van der Waals surface area contributed by atoms with E-state index in [9.17, 15) is 9.65 Å². The summed E-state index contributed by atoms with van der Waals surface area (Å²) < 4.78 is 14.1. The molecule has 6 nitrogen and oxygen atoms in total. The van der Waals surface area contributed by atoms with Gasteiger partial charge in [-0.3, -0.25) is 0 Å². The Morgan fingerprint density at radius 3 is 2.41 bits per heavy atom. The molecule has 2 heterocycles. The van der Waals surface area contributed by atoms with E-state index in [2.05, 4.69) is 26.3 Å². The number of rotatable bonds is 4. The molecule has 7 heteroatoms. The number of nitriles is 1. The third-order valence-electron chi connectivity index (χ3n) is 4.91. The number of aromatic nitrogens is 2. The fourth-order valence-electron chi connectivity index (χ4n) is 3.44. The lowest BCUT2D eigenvalue weighted by Crippen LogP contribution is -2.47. The minimum atomic E-state index is -0.199. The summed E-state index contributed by atoms with van der Waals surface area (Å²) in [5, 5.41) is 12.5. The molecule has 0 spiro atoms. The Hall–Kier alpha value is -3.66. The Bertz CT molecular complexity index is 1050. The zero-order valence-corrected chi connectivity index (χ0v) is 16.1. The lowest BCUT2D eigenvalue weighted by molar-refractivity contribution is 0.594. The minimum absolute atomic E-state index is 0.199. The van der Waals surface area contributed by atoms with Crippen molar-refractivity contribution in [3.8, 4) is 6.07 Å². The number of hydrogen-bond acceptors (Lipinski definition) is 6. The zero-order valence-electron chi connectivity index (χ0n) is 16.1. The summed E-state index contributed by atoms with van der Waals surface area (Å²) in [4.78, 5) is 13.4. The third-order valence-corrected chi connectivity index (χ3v) is 4.91. The number of anilines is 4. The van der Waals surface area contributed by atoms with Crippen molar-refractivity contribution in [3.63, 3.8) is 0 Å². The third kappa shape index (κ3) is 4.11. The second kappa shape index (κ2) is 8.15. The van der Waals surface area contributed by atoms with Crippen molar-refractivity contribution in [2.24, 2.45) is 0 Å². The largest absolute Gasteiger partial charge is 0.366 e. The number of para-hydroxylation sites is 2. The molecule has 0 radical (unpaired) electrons. The Kier molecular flexibility index (Phi) is 5.25. The number of benzene rings is 2. The smallest absolute Gasteiger partial charge is 0.227 e. The van der Waals surface area contributed by atoms with E-state index in [1.54, 1.807) is 12.1 Å². The van der Waals surface area contributed by atoms with Gasteiger partial charge >= 0.3 is 0 Å². The van der Waals surface area contributed by atoms with Crippen LogP contribution in [0.2, 0.25) is 0 Å². The highest BCUT2D eigenvalue weighted by molar-refractivity contribution is 5.65. The van der Waals surface area contributed by atoms with Gasteiger partial charge in [0.2, 0.25) is 5.95 Å². The fraction of sp³-hybridized carbons (Fsp3) is 0.227. The van der Waals surface area contributed by atoms with E-state index in [4.69, 9.17) is 0 Å².